The first kappa shape index (κ1) is 22.6. The number of sulfonamides is 1. The number of hydrogen-bond acceptors (Lipinski definition) is 5. The lowest BCUT2D eigenvalue weighted by molar-refractivity contribution is 0.0746. The highest BCUT2D eigenvalue weighted by Crippen LogP contribution is 2.26. The summed E-state index contributed by atoms with van der Waals surface area (Å²) >= 11 is 0. The van der Waals surface area contributed by atoms with Crippen molar-refractivity contribution in [3.63, 3.8) is 0 Å². The van der Waals surface area contributed by atoms with Gasteiger partial charge in [-0.1, -0.05) is 12.5 Å². The number of rotatable bonds is 5. The Morgan fingerprint density at radius 2 is 1.69 bits per heavy atom. The van der Waals surface area contributed by atoms with Gasteiger partial charge in [0.1, 0.15) is 5.75 Å². The van der Waals surface area contributed by atoms with Gasteiger partial charge in [-0.05, 0) is 56.2 Å². The van der Waals surface area contributed by atoms with Crippen molar-refractivity contribution in [2.24, 2.45) is 0 Å². The number of methoxy groups -OCH3 is 1. The van der Waals surface area contributed by atoms with E-state index in [1.54, 1.807) is 35.7 Å². The molecule has 0 bridgehead atoms. The molecule has 1 atom stereocenters. The van der Waals surface area contributed by atoms with Crippen molar-refractivity contribution in [1.82, 2.24) is 9.21 Å². The second kappa shape index (κ2) is 9.50. The molecule has 2 aliphatic rings. The number of carbonyl (C=O) groups is 1. The maximum Gasteiger partial charge on any atom is 0.253 e. The summed E-state index contributed by atoms with van der Waals surface area (Å²) in [5, 5.41) is 0. The highest BCUT2D eigenvalue weighted by molar-refractivity contribution is 7.89. The van der Waals surface area contributed by atoms with Crippen molar-refractivity contribution in [2.75, 3.05) is 44.7 Å². The summed E-state index contributed by atoms with van der Waals surface area (Å²) < 4.78 is 32.9. The Labute approximate surface area is 190 Å². The fraction of sp³-hybridized carbons (Fsp3) is 0.458. The van der Waals surface area contributed by atoms with Crippen LogP contribution in [0, 0.1) is 0 Å². The van der Waals surface area contributed by atoms with Gasteiger partial charge in [-0.3, -0.25) is 4.79 Å². The average Bonchev–Trinajstić information content (AvgIpc) is 2.84. The van der Waals surface area contributed by atoms with E-state index < -0.39 is 10.0 Å². The summed E-state index contributed by atoms with van der Waals surface area (Å²) in [6.07, 6.45) is 2.84. The van der Waals surface area contributed by atoms with E-state index in [4.69, 9.17) is 4.74 Å². The number of piperazine rings is 1. The van der Waals surface area contributed by atoms with Gasteiger partial charge in [0.15, 0.2) is 0 Å². The van der Waals surface area contributed by atoms with Crippen LogP contribution in [0.2, 0.25) is 0 Å². The SMILES string of the molecule is COc1cccc(N2CCN(C(=O)c3ccc(S(=O)(=O)N4CCCCC4C)cc3)CC2)c1. The third kappa shape index (κ3) is 4.61. The zero-order valence-corrected chi connectivity index (χ0v) is 19.6. The zero-order valence-electron chi connectivity index (χ0n) is 18.7. The van der Waals surface area contributed by atoms with E-state index in [9.17, 15) is 13.2 Å². The highest BCUT2D eigenvalue weighted by atomic mass is 32.2. The normalized spacial score (nSPS) is 20.2. The lowest BCUT2D eigenvalue weighted by Crippen LogP contribution is -2.48. The topological polar surface area (TPSA) is 70.2 Å². The third-order valence-electron chi connectivity index (χ3n) is 6.44. The molecule has 2 aromatic carbocycles. The predicted octanol–water partition coefficient (Wildman–Crippen LogP) is 3.22. The first-order chi connectivity index (χ1) is 15.4. The van der Waals surface area contributed by atoms with Gasteiger partial charge >= 0.3 is 0 Å². The minimum absolute atomic E-state index is 0.0101. The minimum Gasteiger partial charge on any atom is -0.497 e. The summed E-state index contributed by atoms with van der Waals surface area (Å²) in [6.45, 7) is 5.21. The molecule has 2 fully saturated rings. The average molecular weight is 458 g/mol. The molecule has 0 saturated carbocycles. The minimum atomic E-state index is -3.53. The van der Waals surface area contributed by atoms with Crippen molar-refractivity contribution in [3.8, 4) is 5.75 Å². The van der Waals surface area contributed by atoms with Gasteiger partial charge in [-0.15, -0.1) is 0 Å². The lowest BCUT2D eigenvalue weighted by Gasteiger charge is -2.36. The molecule has 2 aromatic rings. The molecular formula is C24H31N3O4S. The van der Waals surface area contributed by atoms with Crippen LogP contribution in [0.25, 0.3) is 0 Å². The van der Waals surface area contributed by atoms with E-state index in [-0.39, 0.29) is 16.8 Å². The molecule has 0 aromatic heterocycles. The molecule has 0 N–H and O–H groups in total. The Hall–Kier alpha value is -2.58. The molecule has 1 amide bonds. The molecule has 0 spiro atoms. The summed E-state index contributed by atoms with van der Waals surface area (Å²) in [7, 11) is -1.88. The summed E-state index contributed by atoms with van der Waals surface area (Å²) in [5.74, 6) is 0.751. The van der Waals surface area contributed by atoms with E-state index in [1.807, 2.05) is 36.1 Å². The fourth-order valence-corrected chi connectivity index (χ4v) is 6.19. The molecule has 172 valence electrons. The van der Waals surface area contributed by atoms with Crippen LogP contribution in [0.1, 0.15) is 36.5 Å². The molecule has 2 heterocycles. The van der Waals surface area contributed by atoms with Gasteiger partial charge in [0.25, 0.3) is 5.91 Å². The van der Waals surface area contributed by atoms with Crippen LogP contribution in [-0.4, -0.2) is 69.4 Å². The monoisotopic (exact) mass is 457 g/mol. The Morgan fingerprint density at radius 3 is 2.34 bits per heavy atom. The molecule has 4 rings (SSSR count). The van der Waals surface area contributed by atoms with E-state index in [0.717, 1.165) is 43.8 Å². The second-order valence-electron chi connectivity index (χ2n) is 8.47. The van der Waals surface area contributed by atoms with Crippen LogP contribution in [-0.2, 0) is 10.0 Å². The van der Waals surface area contributed by atoms with Crippen LogP contribution >= 0.6 is 0 Å². The summed E-state index contributed by atoms with van der Waals surface area (Å²) in [4.78, 5) is 17.3. The molecule has 1 unspecified atom stereocenters. The number of hydrogen-bond donors (Lipinski definition) is 0. The highest BCUT2D eigenvalue weighted by Gasteiger charge is 2.31. The van der Waals surface area contributed by atoms with E-state index >= 15 is 0 Å². The van der Waals surface area contributed by atoms with E-state index in [1.165, 1.54) is 0 Å². The molecule has 8 heteroatoms. The first-order valence-electron chi connectivity index (χ1n) is 11.2. The predicted molar refractivity (Wildman–Crippen MR) is 125 cm³/mol. The molecule has 7 nitrogen and oxygen atoms in total. The van der Waals surface area contributed by atoms with Gasteiger partial charge in [-0.2, -0.15) is 4.31 Å². The summed E-state index contributed by atoms with van der Waals surface area (Å²) in [5.41, 5.74) is 1.60. The number of benzene rings is 2. The summed E-state index contributed by atoms with van der Waals surface area (Å²) in [6, 6.07) is 14.3. The fourth-order valence-electron chi connectivity index (χ4n) is 4.49. The van der Waals surface area contributed by atoms with Gasteiger partial charge in [-0.25, -0.2) is 8.42 Å². The van der Waals surface area contributed by atoms with Crippen LogP contribution in [0.15, 0.2) is 53.4 Å². The number of ether oxygens (including phenoxy) is 1. The van der Waals surface area contributed by atoms with Gasteiger partial charge in [0.2, 0.25) is 10.0 Å². The Kier molecular flexibility index (Phi) is 6.71. The molecule has 2 saturated heterocycles. The number of piperidine rings is 1. The number of carbonyl (C=O) groups excluding carboxylic acids is 1. The van der Waals surface area contributed by atoms with Gasteiger partial charge < -0.3 is 14.5 Å². The maximum atomic E-state index is 13.0. The first-order valence-corrected chi connectivity index (χ1v) is 12.6. The molecule has 2 aliphatic heterocycles. The van der Waals surface area contributed by atoms with Crippen molar-refractivity contribution in [1.29, 1.82) is 0 Å². The van der Waals surface area contributed by atoms with Gasteiger partial charge in [0.05, 0.1) is 12.0 Å². The van der Waals surface area contributed by atoms with Crippen LogP contribution in [0.5, 0.6) is 5.75 Å². The van der Waals surface area contributed by atoms with Crippen molar-refractivity contribution >= 4 is 21.6 Å². The third-order valence-corrected chi connectivity index (χ3v) is 8.46. The Balaban J connectivity index is 1.40. The lowest BCUT2D eigenvalue weighted by atomic mass is 10.1. The maximum absolute atomic E-state index is 13.0. The van der Waals surface area contributed by atoms with Crippen molar-refractivity contribution in [3.05, 3.63) is 54.1 Å². The Morgan fingerprint density at radius 1 is 0.969 bits per heavy atom. The molecule has 32 heavy (non-hydrogen) atoms. The Bertz CT molecular complexity index is 1050. The van der Waals surface area contributed by atoms with E-state index in [0.29, 0.717) is 25.2 Å². The quantitative estimate of drug-likeness (QED) is 0.690. The second-order valence-corrected chi connectivity index (χ2v) is 10.4. The van der Waals surface area contributed by atoms with Crippen LogP contribution < -0.4 is 9.64 Å². The molecule has 0 radical (unpaired) electrons. The molecular weight excluding hydrogens is 426 g/mol. The smallest absolute Gasteiger partial charge is 0.253 e. The van der Waals surface area contributed by atoms with Crippen LogP contribution in [0.4, 0.5) is 5.69 Å². The number of anilines is 1. The number of amides is 1. The van der Waals surface area contributed by atoms with E-state index in [2.05, 4.69) is 4.90 Å². The standard InChI is InChI=1S/C24H31N3O4S/c1-19-6-3-4-13-27(19)32(29,30)23-11-9-20(10-12-23)24(28)26-16-14-25(15-17-26)21-7-5-8-22(18-21)31-2/h5,7-12,18-19H,3-4,6,13-17H2,1-2H3. The number of nitrogens with zero attached hydrogens (tertiary/aromatic N) is 3. The largest absolute Gasteiger partial charge is 0.497 e. The zero-order chi connectivity index (χ0) is 22.7. The van der Waals surface area contributed by atoms with Crippen LogP contribution in [0.3, 0.4) is 0 Å². The van der Waals surface area contributed by atoms with Gasteiger partial charge in [0, 0.05) is 56.1 Å². The van der Waals surface area contributed by atoms with Crippen molar-refractivity contribution in [2.45, 2.75) is 37.1 Å². The van der Waals surface area contributed by atoms with Crippen molar-refractivity contribution < 1.29 is 17.9 Å². The molecule has 0 aliphatic carbocycles.